The van der Waals surface area contributed by atoms with E-state index in [1.807, 2.05) is 0 Å². The number of carbonyl (C=O) groups is 1. The van der Waals surface area contributed by atoms with Crippen molar-refractivity contribution in [1.82, 2.24) is 9.97 Å². The molecule has 0 saturated carbocycles. The number of carbonyl (C=O) groups excluding carboxylic acids is 1. The van der Waals surface area contributed by atoms with Gasteiger partial charge in [-0.25, -0.2) is 4.98 Å². The quantitative estimate of drug-likeness (QED) is 0.786. The van der Waals surface area contributed by atoms with Gasteiger partial charge in [0.05, 0.1) is 12.7 Å². The molecule has 0 aliphatic heterocycles. The lowest BCUT2D eigenvalue weighted by molar-refractivity contribution is -0.116. The molecule has 17 heavy (non-hydrogen) atoms. The van der Waals surface area contributed by atoms with Gasteiger partial charge in [0.25, 0.3) is 0 Å². The molecule has 1 aromatic heterocycles. The molecule has 0 saturated heterocycles. The molecular weight excluding hydrogens is 242 g/mol. The minimum atomic E-state index is -0.436. The summed E-state index contributed by atoms with van der Waals surface area (Å²) in [6, 6.07) is 0. The van der Waals surface area contributed by atoms with Crippen molar-refractivity contribution in [3.05, 3.63) is 11.2 Å². The zero-order valence-corrected chi connectivity index (χ0v) is 10.4. The Morgan fingerprint density at radius 3 is 2.88 bits per heavy atom. The zero-order valence-electron chi connectivity index (χ0n) is 9.69. The maximum Gasteiger partial charge on any atom is 0.236 e. The second kappa shape index (κ2) is 6.24. The SMILES string of the molecule is CCCCN(CC(N)=O)c1nc(N)ncc1Cl. The second-order valence-corrected chi connectivity index (χ2v) is 4.05. The molecule has 4 N–H and O–H groups in total. The minimum Gasteiger partial charge on any atom is -0.368 e. The first kappa shape index (κ1) is 13.5. The van der Waals surface area contributed by atoms with Crippen molar-refractivity contribution in [3.8, 4) is 0 Å². The summed E-state index contributed by atoms with van der Waals surface area (Å²) in [6.07, 6.45) is 3.32. The Morgan fingerprint density at radius 1 is 1.59 bits per heavy atom. The molecule has 0 bridgehead atoms. The Morgan fingerprint density at radius 2 is 2.29 bits per heavy atom. The van der Waals surface area contributed by atoms with Crippen molar-refractivity contribution >= 4 is 29.3 Å². The van der Waals surface area contributed by atoms with Crippen molar-refractivity contribution in [2.45, 2.75) is 19.8 Å². The monoisotopic (exact) mass is 257 g/mol. The molecule has 1 aromatic rings. The third-order valence-electron chi connectivity index (χ3n) is 2.17. The van der Waals surface area contributed by atoms with Crippen LogP contribution in [0.1, 0.15) is 19.8 Å². The fraction of sp³-hybridized carbons (Fsp3) is 0.500. The first-order valence-corrected chi connectivity index (χ1v) is 5.73. The van der Waals surface area contributed by atoms with E-state index in [-0.39, 0.29) is 12.5 Å². The Hall–Kier alpha value is -1.56. The summed E-state index contributed by atoms with van der Waals surface area (Å²) in [6.45, 7) is 2.77. The van der Waals surface area contributed by atoms with Crippen LogP contribution >= 0.6 is 11.6 Å². The molecular formula is C10H16ClN5O. The normalized spacial score (nSPS) is 10.2. The second-order valence-electron chi connectivity index (χ2n) is 3.64. The molecule has 0 aromatic carbocycles. The Bertz CT molecular complexity index is 398. The van der Waals surface area contributed by atoms with Crippen molar-refractivity contribution < 1.29 is 4.79 Å². The highest BCUT2D eigenvalue weighted by Crippen LogP contribution is 2.23. The Labute approximate surface area is 105 Å². The predicted octanol–water partition coefficient (Wildman–Crippen LogP) is 0.804. The number of amides is 1. The zero-order chi connectivity index (χ0) is 12.8. The average Bonchev–Trinajstić information content (AvgIpc) is 2.27. The van der Waals surface area contributed by atoms with E-state index >= 15 is 0 Å². The van der Waals surface area contributed by atoms with Crippen molar-refractivity contribution in [2.24, 2.45) is 5.73 Å². The molecule has 0 fully saturated rings. The number of nitrogens with zero attached hydrogens (tertiary/aromatic N) is 3. The number of aromatic nitrogens is 2. The molecule has 94 valence electrons. The van der Waals surface area contributed by atoms with Crippen LogP contribution in [0.25, 0.3) is 0 Å². The van der Waals surface area contributed by atoms with Crippen LogP contribution in [0.3, 0.4) is 0 Å². The van der Waals surface area contributed by atoms with Crippen LogP contribution in [-0.4, -0.2) is 29.0 Å². The van der Waals surface area contributed by atoms with Crippen LogP contribution in [0.15, 0.2) is 6.20 Å². The molecule has 1 heterocycles. The predicted molar refractivity (Wildman–Crippen MR) is 67.8 cm³/mol. The number of anilines is 2. The van der Waals surface area contributed by atoms with Gasteiger partial charge in [0, 0.05) is 6.54 Å². The largest absolute Gasteiger partial charge is 0.368 e. The van der Waals surface area contributed by atoms with E-state index in [1.165, 1.54) is 6.20 Å². The molecule has 1 amide bonds. The summed E-state index contributed by atoms with van der Waals surface area (Å²) >= 11 is 5.98. The lowest BCUT2D eigenvalue weighted by Gasteiger charge is -2.22. The van der Waals surface area contributed by atoms with Gasteiger partial charge < -0.3 is 16.4 Å². The number of hydrogen-bond acceptors (Lipinski definition) is 5. The van der Waals surface area contributed by atoms with E-state index in [1.54, 1.807) is 4.90 Å². The smallest absolute Gasteiger partial charge is 0.236 e. The van der Waals surface area contributed by atoms with Gasteiger partial charge in [0.15, 0.2) is 5.82 Å². The van der Waals surface area contributed by atoms with Gasteiger partial charge in [0.1, 0.15) is 5.02 Å². The fourth-order valence-corrected chi connectivity index (χ4v) is 1.60. The summed E-state index contributed by atoms with van der Waals surface area (Å²) in [5.41, 5.74) is 10.7. The lowest BCUT2D eigenvalue weighted by atomic mass is 10.3. The Balaban J connectivity index is 2.93. The molecule has 0 radical (unpaired) electrons. The number of nitrogen functional groups attached to an aromatic ring is 1. The average molecular weight is 258 g/mol. The molecule has 7 heteroatoms. The minimum absolute atomic E-state index is 0.0656. The van der Waals surface area contributed by atoms with Crippen LogP contribution < -0.4 is 16.4 Å². The number of halogens is 1. The van der Waals surface area contributed by atoms with Gasteiger partial charge in [-0.3, -0.25) is 4.79 Å². The van der Waals surface area contributed by atoms with Crippen molar-refractivity contribution in [1.29, 1.82) is 0 Å². The van der Waals surface area contributed by atoms with E-state index in [0.717, 1.165) is 12.8 Å². The summed E-state index contributed by atoms with van der Waals surface area (Å²) in [4.78, 5) is 20.5. The van der Waals surface area contributed by atoms with E-state index in [2.05, 4.69) is 16.9 Å². The number of rotatable bonds is 6. The third kappa shape index (κ3) is 4.07. The molecule has 0 atom stereocenters. The molecule has 0 aliphatic rings. The third-order valence-corrected chi connectivity index (χ3v) is 2.44. The van der Waals surface area contributed by atoms with Crippen LogP contribution in [0.5, 0.6) is 0 Å². The maximum atomic E-state index is 11.0. The van der Waals surface area contributed by atoms with E-state index in [0.29, 0.717) is 17.4 Å². The lowest BCUT2D eigenvalue weighted by Crippen LogP contribution is -2.35. The van der Waals surface area contributed by atoms with E-state index in [9.17, 15) is 4.79 Å². The first-order chi connectivity index (χ1) is 8.04. The summed E-state index contributed by atoms with van der Waals surface area (Å²) in [5.74, 6) is 0.135. The highest BCUT2D eigenvalue weighted by Gasteiger charge is 2.14. The van der Waals surface area contributed by atoms with E-state index < -0.39 is 5.91 Å². The van der Waals surface area contributed by atoms with Gasteiger partial charge in [-0.1, -0.05) is 24.9 Å². The van der Waals surface area contributed by atoms with Gasteiger partial charge in [-0.05, 0) is 6.42 Å². The molecule has 6 nitrogen and oxygen atoms in total. The standard InChI is InChI=1S/C10H16ClN5O/c1-2-3-4-16(6-8(12)17)9-7(11)5-14-10(13)15-9/h5H,2-4,6H2,1H3,(H2,12,17)(H2,13,14,15). The maximum absolute atomic E-state index is 11.0. The summed E-state index contributed by atoms with van der Waals surface area (Å²) < 4.78 is 0. The molecule has 1 rings (SSSR count). The molecule has 0 spiro atoms. The molecule has 0 aliphatic carbocycles. The highest BCUT2D eigenvalue weighted by molar-refractivity contribution is 6.32. The van der Waals surface area contributed by atoms with Crippen LogP contribution in [0.4, 0.5) is 11.8 Å². The van der Waals surface area contributed by atoms with Crippen LogP contribution in [0, 0.1) is 0 Å². The fourth-order valence-electron chi connectivity index (χ4n) is 1.39. The van der Waals surface area contributed by atoms with Crippen molar-refractivity contribution in [3.63, 3.8) is 0 Å². The first-order valence-electron chi connectivity index (χ1n) is 5.35. The summed E-state index contributed by atoms with van der Waals surface area (Å²) in [5, 5.41) is 0.358. The summed E-state index contributed by atoms with van der Waals surface area (Å²) in [7, 11) is 0. The number of unbranched alkanes of at least 4 members (excludes halogenated alkanes) is 1. The van der Waals surface area contributed by atoms with Crippen LogP contribution in [-0.2, 0) is 4.79 Å². The number of nitrogens with two attached hydrogens (primary N) is 2. The van der Waals surface area contributed by atoms with Gasteiger partial charge in [0.2, 0.25) is 11.9 Å². The topological polar surface area (TPSA) is 98.1 Å². The number of hydrogen-bond donors (Lipinski definition) is 2. The van der Waals surface area contributed by atoms with Crippen molar-refractivity contribution in [2.75, 3.05) is 23.7 Å². The van der Waals surface area contributed by atoms with Gasteiger partial charge in [-0.2, -0.15) is 4.98 Å². The van der Waals surface area contributed by atoms with Gasteiger partial charge in [-0.15, -0.1) is 0 Å². The van der Waals surface area contributed by atoms with E-state index in [4.69, 9.17) is 23.1 Å². The number of primary amides is 1. The van der Waals surface area contributed by atoms with Crippen LogP contribution in [0.2, 0.25) is 5.02 Å². The molecule has 0 unspecified atom stereocenters. The highest BCUT2D eigenvalue weighted by atomic mass is 35.5. The van der Waals surface area contributed by atoms with Gasteiger partial charge >= 0.3 is 0 Å². The Kier molecular flexibility index (Phi) is 4.96.